The summed E-state index contributed by atoms with van der Waals surface area (Å²) >= 11 is 2.57. The fraction of sp³-hybridized carbons (Fsp3) is 0.364. The molecule has 0 saturated carbocycles. The van der Waals surface area contributed by atoms with Crippen molar-refractivity contribution in [3.8, 4) is 5.75 Å². The zero-order valence-corrected chi connectivity index (χ0v) is 23.1. The van der Waals surface area contributed by atoms with E-state index in [9.17, 15) is 34.2 Å². The molecule has 3 heterocycles. The Morgan fingerprint density at radius 3 is 2.65 bits per heavy atom. The zero-order chi connectivity index (χ0) is 29.1. The van der Waals surface area contributed by atoms with E-state index in [0.29, 0.717) is 22.0 Å². The predicted molar refractivity (Wildman–Crippen MR) is 142 cm³/mol. The van der Waals surface area contributed by atoms with E-state index in [-0.39, 0.29) is 29.3 Å². The molecule has 0 aliphatic carbocycles. The number of aliphatic carboxylic acids is 1. The smallest absolute Gasteiger partial charge is 0.352 e. The molecule has 18 heteroatoms. The average molecular weight is 592 g/mol. The van der Waals surface area contributed by atoms with Crippen molar-refractivity contribution in [3.05, 3.63) is 35.0 Å². The van der Waals surface area contributed by atoms with E-state index in [1.165, 1.54) is 65.4 Å². The quantitative estimate of drug-likeness (QED) is 0.199. The molecule has 212 valence electrons. The number of imide groups is 1. The number of carbonyl (C=O) groups is 5. The van der Waals surface area contributed by atoms with Crippen LogP contribution < -0.4 is 16.0 Å². The number of rotatable bonds is 8. The number of hydrogen-bond acceptors (Lipinski definition) is 11. The molecule has 1 aromatic carbocycles. The van der Waals surface area contributed by atoms with Gasteiger partial charge in [0.25, 0.3) is 5.91 Å². The fourth-order valence-corrected chi connectivity index (χ4v) is 6.32. The normalized spacial score (nSPS) is 18.0. The SMILES string of the molecule is CNC(=O)N(C)C(=O)Nc1cc(O)ccc1CC(=O)NC1C(=O)N2C(C(=O)O)=C(CSc3nnnn3C)CSC12. The van der Waals surface area contributed by atoms with Crippen LogP contribution in [0.5, 0.6) is 5.75 Å². The number of nitrogens with zero attached hydrogens (tertiary/aromatic N) is 6. The molecule has 2 aliphatic heterocycles. The first kappa shape index (κ1) is 28.7. The van der Waals surface area contributed by atoms with Crippen LogP contribution in [0.2, 0.25) is 0 Å². The highest BCUT2D eigenvalue weighted by atomic mass is 32.2. The van der Waals surface area contributed by atoms with Crippen LogP contribution in [0.4, 0.5) is 15.3 Å². The highest BCUT2D eigenvalue weighted by Gasteiger charge is 2.54. The summed E-state index contributed by atoms with van der Waals surface area (Å²) in [5, 5.41) is 38.2. The van der Waals surface area contributed by atoms with Crippen molar-refractivity contribution in [1.29, 1.82) is 0 Å². The first-order chi connectivity index (χ1) is 19.0. The number of aryl methyl sites for hydroxylation is 1. The summed E-state index contributed by atoms with van der Waals surface area (Å²) in [5.41, 5.74) is 0.829. The van der Waals surface area contributed by atoms with Gasteiger partial charge in [-0.05, 0) is 27.6 Å². The number of β-lactam (4-membered cyclic amide) rings is 1. The van der Waals surface area contributed by atoms with Gasteiger partial charge in [-0.25, -0.2) is 24.0 Å². The summed E-state index contributed by atoms with van der Waals surface area (Å²) in [4.78, 5) is 64.0. The molecule has 1 aromatic heterocycles. The number of aromatic nitrogens is 4. The molecule has 2 aliphatic rings. The summed E-state index contributed by atoms with van der Waals surface area (Å²) in [6.45, 7) is 0. The van der Waals surface area contributed by atoms with Crippen molar-refractivity contribution in [2.24, 2.45) is 7.05 Å². The number of phenolic OH excluding ortho intramolecular Hbond substituents is 1. The highest BCUT2D eigenvalue weighted by molar-refractivity contribution is 8.01. The summed E-state index contributed by atoms with van der Waals surface area (Å²) in [6.07, 6.45) is -0.268. The van der Waals surface area contributed by atoms with Gasteiger partial charge in [-0.15, -0.1) is 16.9 Å². The number of urea groups is 2. The van der Waals surface area contributed by atoms with Gasteiger partial charge in [-0.2, -0.15) is 0 Å². The number of carboxylic acids is 1. The number of fused-ring (bicyclic) bond motifs is 1. The number of aromatic hydroxyl groups is 1. The van der Waals surface area contributed by atoms with Crippen LogP contribution in [0, 0.1) is 0 Å². The Balaban J connectivity index is 1.43. The lowest BCUT2D eigenvalue weighted by atomic mass is 10.0. The first-order valence-electron chi connectivity index (χ1n) is 11.6. The van der Waals surface area contributed by atoms with Gasteiger partial charge in [0.1, 0.15) is 22.9 Å². The Morgan fingerprint density at radius 2 is 2.00 bits per heavy atom. The molecule has 2 unspecified atom stereocenters. The zero-order valence-electron chi connectivity index (χ0n) is 21.4. The maximum absolute atomic E-state index is 13.0. The van der Waals surface area contributed by atoms with Crippen LogP contribution in [0.1, 0.15) is 5.56 Å². The van der Waals surface area contributed by atoms with Gasteiger partial charge < -0.3 is 26.2 Å². The number of tetrazole rings is 1. The van der Waals surface area contributed by atoms with Gasteiger partial charge >= 0.3 is 18.0 Å². The molecule has 2 aromatic rings. The van der Waals surface area contributed by atoms with Gasteiger partial charge in [0.05, 0.1) is 6.42 Å². The molecule has 0 spiro atoms. The average Bonchev–Trinajstić information content (AvgIpc) is 3.34. The van der Waals surface area contributed by atoms with Crippen molar-refractivity contribution < 1.29 is 34.2 Å². The number of thioether (sulfide) groups is 2. The topological polar surface area (TPSA) is 212 Å². The lowest BCUT2D eigenvalue weighted by molar-refractivity contribution is -0.150. The molecular weight excluding hydrogens is 566 g/mol. The van der Waals surface area contributed by atoms with Crippen molar-refractivity contribution in [2.75, 3.05) is 30.9 Å². The maximum atomic E-state index is 13.0. The van der Waals surface area contributed by atoms with E-state index >= 15 is 0 Å². The number of anilines is 1. The molecule has 0 radical (unpaired) electrons. The lowest BCUT2D eigenvalue weighted by Gasteiger charge is -2.49. The Labute approximate surface area is 235 Å². The van der Waals surface area contributed by atoms with Crippen molar-refractivity contribution in [2.45, 2.75) is 23.0 Å². The molecule has 0 bridgehead atoms. The second-order valence-electron chi connectivity index (χ2n) is 8.65. The monoisotopic (exact) mass is 591 g/mol. The van der Waals surface area contributed by atoms with E-state index in [1.54, 1.807) is 7.05 Å². The van der Waals surface area contributed by atoms with Crippen molar-refractivity contribution in [1.82, 2.24) is 40.6 Å². The molecule has 16 nitrogen and oxygen atoms in total. The number of nitrogens with one attached hydrogen (secondary N) is 3. The highest BCUT2D eigenvalue weighted by Crippen LogP contribution is 2.41. The van der Waals surface area contributed by atoms with Crippen LogP contribution in [-0.4, -0.2) is 107 Å². The van der Waals surface area contributed by atoms with Crippen molar-refractivity contribution >= 4 is 59.1 Å². The molecule has 2 atom stereocenters. The summed E-state index contributed by atoms with van der Waals surface area (Å²) in [7, 11) is 4.26. The second kappa shape index (κ2) is 11.8. The van der Waals surface area contributed by atoms with Crippen LogP contribution in [0.15, 0.2) is 34.6 Å². The lowest BCUT2D eigenvalue weighted by Crippen LogP contribution is -2.70. The summed E-state index contributed by atoms with van der Waals surface area (Å²) < 4.78 is 1.45. The second-order valence-corrected chi connectivity index (χ2v) is 10.7. The number of hydrogen-bond donors (Lipinski definition) is 5. The van der Waals surface area contributed by atoms with E-state index < -0.39 is 41.3 Å². The van der Waals surface area contributed by atoms with Crippen molar-refractivity contribution in [3.63, 3.8) is 0 Å². The molecule has 1 saturated heterocycles. The number of benzene rings is 1. The minimum Gasteiger partial charge on any atom is -0.508 e. The van der Waals surface area contributed by atoms with E-state index in [0.717, 1.165) is 4.90 Å². The Kier molecular flexibility index (Phi) is 8.48. The third kappa shape index (κ3) is 5.81. The van der Waals surface area contributed by atoms with Crippen LogP contribution >= 0.6 is 23.5 Å². The minimum atomic E-state index is -1.25. The molecule has 4 rings (SSSR count). The van der Waals surface area contributed by atoms with Crippen LogP contribution in [0.3, 0.4) is 0 Å². The molecule has 5 N–H and O–H groups in total. The molecular formula is C22H25N9O7S2. The Bertz CT molecular complexity index is 1410. The molecule has 40 heavy (non-hydrogen) atoms. The van der Waals surface area contributed by atoms with E-state index in [1.807, 2.05) is 0 Å². The van der Waals surface area contributed by atoms with Crippen LogP contribution in [0.25, 0.3) is 0 Å². The van der Waals surface area contributed by atoms with Gasteiger partial charge in [0.2, 0.25) is 11.1 Å². The third-order valence-corrected chi connectivity index (χ3v) is 8.47. The van der Waals surface area contributed by atoms with Gasteiger partial charge in [-0.3, -0.25) is 14.5 Å². The van der Waals surface area contributed by atoms with Gasteiger partial charge in [-0.1, -0.05) is 17.8 Å². The summed E-state index contributed by atoms with van der Waals surface area (Å²) in [5.74, 6) is -1.95. The number of amides is 6. The minimum absolute atomic E-state index is 0.0980. The third-order valence-electron chi connectivity index (χ3n) is 6.03. The number of phenols is 1. The maximum Gasteiger partial charge on any atom is 0.352 e. The van der Waals surface area contributed by atoms with Gasteiger partial charge in [0, 0.05) is 44.4 Å². The van der Waals surface area contributed by atoms with Crippen LogP contribution in [-0.2, 0) is 27.9 Å². The standard InChI is InChI=1S/C22H25N9O7S2/c1-23-20(37)29(2)21(38)24-13-7-12(32)5-4-10(13)6-14(33)25-15-17(34)31-16(19(35)36)11(8-39-18(15)31)9-40-22-26-27-28-30(22)3/h4-5,7,15,18,32H,6,8-9H2,1-3H3,(H,23,37)(H,24,38)(H,25,33)(H,35,36). The van der Waals surface area contributed by atoms with E-state index in [2.05, 4.69) is 31.5 Å². The largest absolute Gasteiger partial charge is 0.508 e. The first-order valence-corrected chi connectivity index (χ1v) is 13.7. The molecule has 6 amide bonds. The Hall–Kier alpha value is -4.32. The van der Waals surface area contributed by atoms with E-state index in [4.69, 9.17) is 0 Å². The van der Waals surface area contributed by atoms with Gasteiger partial charge in [0.15, 0.2) is 0 Å². The number of carbonyl (C=O) groups excluding carboxylic acids is 4. The number of carboxylic acid groups (broad SMARTS) is 1. The Morgan fingerprint density at radius 1 is 1.25 bits per heavy atom. The fourth-order valence-electron chi connectivity index (χ4n) is 3.98. The summed E-state index contributed by atoms with van der Waals surface area (Å²) in [6, 6.07) is 1.57. The predicted octanol–water partition coefficient (Wildman–Crippen LogP) is -0.208. The molecule has 1 fully saturated rings.